The molecule has 20 heavy (non-hydrogen) atoms. The third kappa shape index (κ3) is 6.89. The lowest BCUT2D eigenvalue weighted by molar-refractivity contribution is 0.181. The van der Waals surface area contributed by atoms with Gasteiger partial charge in [-0.2, -0.15) is 0 Å². The Morgan fingerprint density at radius 3 is 2.40 bits per heavy atom. The number of hydrogen-bond acceptors (Lipinski definition) is 4. The average molecular weight is 280 g/mol. The molecule has 0 heterocycles. The summed E-state index contributed by atoms with van der Waals surface area (Å²) in [4.78, 5) is 2.30. The highest BCUT2D eigenvalue weighted by molar-refractivity contribution is 5.26. The molecule has 0 radical (unpaired) electrons. The van der Waals surface area contributed by atoms with E-state index in [0.717, 1.165) is 37.4 Å². The van der Waals surface area contributed by atoms with Gasteiger partial charge in [-0.1, -0.05) is 25.5 Å². The van der Waals surface area contributed by atoms with Gasteiger partial charge < -0.3 is 20.5 Å². The van der Waals surface area contributed by atoms with Gasteiger partial charge in [-0.3, -0.25) is 0 Å². The fourth-order valence-corrected chi connectivity index (χ4v) is 2.06. The van der Waals surface area contributed by atoms with Crippen LogP contribution in [0, 0.1) is 0 Å². The molecule has 4 nitrogen and oxygen atoms in total. The van der Waals surface area contributed by atoms with Crippen molar-refractivity contribution < 1.29 is 9.84 Å². The number of benzene rings is 1. The van der Waals surface area contributed by atoms with E-state index in [4.69, 9.17) is 15.6 Å². The number of hydrogen-bond donors (Lipinski definition) is 2. The number of ether oxygens (including phenoxy) is 1. The molecule has 0 atom stereocenters. The minimum Gasteiger partial charge on any atom is -0.494 e. The summed E-state index contributed by atoms with van der Waals surface area (Å²) in [5.74, 6) is 0.893. The predicted octanol–water partition coefficient (Wildman–Crippen LogP) is 2.01. The highest BCUT2D eigenvalue weighted by Crippen LogP contribution is 2.12. The second kappa shape index (κ2) is 10.7. The molecule has 3 N–H and O–H groups in total. The van der Waals surface area contributed by atoms with Crippen LogP contribution in [0.1, 0.15) is 31.7 Å². The van der Waals surface area contributed by atoms with Crippen LogP contribution in [0.5, 0.6) is 5.75 Å². The van der Waals surface area contributed by atoms with Crippen molar-refractivity contribution >= 4 is 0 Å². The van der Waals surface area contributed by atoms with Gasteiger partial charge in [0, 0.05) is 19.6 Å². The van der Waals surface area contributed by atoms with E-state index < -0.39 is 0 Å². The Kier molecular flexibility index (Phi) is 9.04. The topological polar surface area (TPSA) is 58.7 Å². The van der Waals surface area contributed by atoms with Gasteiger partial charge in [-0.15, -0.1) is 0 Å². The van der Waals surface area contributed by atoms with E-state index in [1.165, 1.54) is 12.8 Å². The highest BCUT2D eigenvalue weighted by atomic mass is 16.5. The first-order valence-corrected chi connectivity index (χ1v) is 7.55. The lowest BCUT2D eigenvalue weighted by atomic mass is 10.2. The maximum Gasteiger partial charge on any atom is 0.119 e. The number of unbranched alkanes of at least 4 members (excludes halogenated alkanes) is 1. The molecule has 4 heteroatoms. The molecule has 0 aliphatic carbocycles. The lowest BCUT2D eigenvalue weighted by Gasteiger charge is -2.20. The zero-order chi connectivity index (χ0) is 14.6. The first kappa shape index (κ1) is 17.0. The number of aliphatic hydroxyl groups excluding tert-OH is 1. The zero-order valence-electron chi connectivity index (χ0n) is 12.6. The van der Waals surface area contributed by atoms with E-state index >= 15 is 0 Å². The third-order valence-electron chi connectivity index (χ3n) is 3.29. The SMILES string of the molecule is CCCCN(CCO)CCCOc1ccc(CN)cc1. The van der Waals surface area contributed by atoms with Crippen LogP contribution in [0.15, 0.2) is 24.3 Å². The number of aliphatic hydroxyl groups is 1. The van der Waals surface area contributed by atoms with Crippen LogP contribution in [0.25, 0.3) is 0 Å². The molecular weight excluding hydrogens is 252 g/mol. The van der Waals surface area contributed by atoms with Crippen LogP contribution in [0.3, 0.4) is 0 Å². The molecule has 0 fully saturated rings. The van der Waals surface area contributed by atoms with E-state index in [-0.39, 0.29) is 6.61 Å². The molecule has 0 aromatic heterocycles. The summed E-state index contributed by atoms with van der Waals surface area (Å²) in [6, 6.07) is 7.92. The number of nitrogens with zero attached hydrogens (tertiary/aromatic N) is 1. The summed E-state index contributed by atoms with van der Waals surface area (Å²) in [5, 5.41) is 9.04. The summed E-state index contributed by atoms with van der Waals surface area (Å²) in [5.41, 5.74) is 6.67. The smallest absolute Gasteiger partial charge is 0.119 e. The first-order chi connectivity index (χ1) is 9.80. The van der Waals surface area contributed by atoms with Crippen LogP contribution in [0.4, 0.5) is 0 Å². The minimum atomic E-state index is 0.227. The Morgan fingerprint density at radius 2 is 1.80 bits per heavy atom. The second-order valence-electron chi connectivity index (χ2n) is 4.97. The quantitative estimate of drug-likeness (QED) is 0.609. The molecule has 114 valence electrons. The molecule has 1 aromatic carbocycles. The molecule has 0 saturated carbocycles. The molecule has 0 spiro atoms. The molecule has 0 aliphatic heterocycles. The van der Waals surface area contributed by atoms with Crippen LogP contribution < -0.4 is 10.5 Å². The number of nitrogens with two attached hydrogens (primary N) is 1. The fraction of sp³-hybridized carbons (Fsp3) is 0.625. The highest BCUT2D eigenvalue weighted by Gasteiger charge is 2.03. The van der Waals surface area contributed by atoms with Crippen molar-refractivity contribution in [3.63, 3.8) is 0 Å². The van der Waals surface area contributed by atoms with Crippen molar-refractivity contribution in [1.29, 1.82) is 0 Å². The standard InChI is InChI=1S/C16H28N2O2/c1-2-3-9-18(11-12-19)10-4-13-20-16-7-5-15(14-17)6-8-16/h5-8,19H,2-4,9-14,17H2,1H3. The Labute approximate surface area is 122 Å². The van der Waals surface area contributed by atoms with Gasteiger partial charge in [0.2, 0.25) is 0 Å². The van der Waals surface area contributed by atoms with Crippen molar-refractivity contribution in [3.8, 4) is 5.75 Å². The van der Waals surface area contributed by atoms with Gasteiger partial charge in [0.15, 0.2) is 0 Å². The molecule has 0 aliphatic rings. The van der Waals surface area contributed by atoms with E-state index in [9.17, 15) is 0 Å². The van der Waals surface area contributed by atoms with E-state index in [1.807, 2.05) is 24.3 Å². The molecule has 0 unspecified atom stereocenters. The Bertz CT molecular complexity index is 341. The number of rotatable bonds is 11. The van der Waals surface area contributed by atoms with Gasteiger partial charge in [0.1, 0.15) is 5.75 Å². The maximum atomic E-state index is 9.04. The van der Waals surface area contributed by atoms with Crippen molar-refractivity contribution in [2.75, 3.05) is 32.8 Å². The van der Waals surface area contributed by atoms with Gasteiger partial charge in [-0.05, 0) is 37.1 Å². The lowest BCUT2D eigenvalue weighted by Crippen LogP contribution is -2.29. The Balaban J connectivity index is 2.21. The van der Waals surface area contributed by atoms with Crippen molar-refractivity contribution in [3.05, 3.63) is 29.8 Å². The molecule has 0 bridgehead atoms. The van der Waals surface area contributed by atoms with Crippen molar-refractivity contribution in [2.45, 2.75) is 32.7 Å². The van der Waals surface area contributed by atoms with Gasteiger partial charge in [0.05, 0.1) is 13.2 Å². The summed E-state index contributed by atoms with van der Waals surface area (Å²) in [7, 11) is 0. The zero-order valence-corrected chi connectivity index (χ0v) is 12.6. The summed E-state index contributed by atoms with van der Waals surface area (Å²) in [6.45, 7) is 6.47. The molecule has 1 aromatic rings. The molecular formula is C16H28N2O2. The van der Waals surface area contributed by atoms with Crippen LogP contribution in [-0.2, 0) is 6.54 Å². The van der Waals surface area contributed by atoms with Crippen molar-refractivity contribution in [2.24, 2.45) is 5.73 Å². The minimum absolute atomic E-state index is 0.227. The average Bonchev–Trinajstić information content (AvgIpc) is 2.49. The monoisotopic (exact) mass is 280 g/mol. The Morgan fingerprint density at radius 1 is 1.10 bits per heavy atom. The van der Waals surface area contributed by atoms with Gasteiger partial charge in [-0.25, -0.2) is 0 Å². The van der Waals surface area contributed by atoms with E-state index in [1.54, 1.807) is 0 Å². The molecule has 1 rings (SSSR count). The summed E-state index contributed by atoms with van der Waals surface area (Å²) in [6.07, 6.45) is 3.34. The molecule has 0 saturated heterocycles. The van der Waals surface area contributed by atoms with Crippen LogP contribution in [0.2, 0.25) is 0 Å². The van der Waals surface area contributed by atoms with Crippen molar-refractivity contribution in [1.82, 2.24) is 4.90 Å². The second-order valence-corrected chi connectivity index (χ2v) is 4.97. The first-order valence-electron chi connectivity index (χ1n) is 7.55. The third-order valence-corrected chi connectivity index (χ3v) is 3.29. The van der Waals surface area contributed by atoms with E-state index in [2.05, 4.69) is 11.8 Å². The molecule has 0 amide bonds. The van der Waals surface area contributed by atoms with Gasteiger partial charge >= 0.3 is 0 Å². The van der Waals surface area contributed by atoms with E-state index in [0.29, 0.717) is 13.2 Å². The normalized spacial score (nSPS) is 11.0. The predicted molar refractivity (Wildman–Crippen MR) is 82.9 cm³/mol. The summed E-state index contributed by atoms with van der Waals surface area (Å²) < 4.78 is 5.71. The maximum absolute atomic E-state index is 9.04. The van der Waals surface area contributed by atoms with Crippen LogP contribution in [-0.4, -0.2) is 42.9 Å². The summed E-state index contributed by atoms with van der Waals surface area (Å²) >= 11 is 0. The largest absolute Gasteiger partial charge is 0.494 e. The fourth-order valence-electron chi connectivity index (χ4n) is 2.06. The van der Waals surface area contributed by atoms with Gasteiger partial charge in [0.25, 0.3) is 0 Å². The Hall–Kier alpha value is -1.10. The van der Waals surface area contributed by atoms with Crippen LogP contribution >= 0.6 is 0 Å².